The molecule has 1 aromatic rings. The number of piperidine rings is 1. The zero-order valence-electron chi connectivity index (χ0n) is 18.4. The lowest BCUT2D eigenvalue weighted by Crippen LogP contribution is -2.41. The first-order valence-corrected chi connectivity index (χ1v) is 10.1. The number of likely N-dealkylation sites (tertiary alicyclic amines) is 1. The topological polar surface area (TPSA) is 67.4 Å². The Balaban J connectivity index is 0.00000420. The Kier molecular flexibility index (Phi) is 12.1. The minimum atomic E-state index is 0. The lowest BCUT2D eigenvalue weighted by molar-refractivity contribution is 0.159. The van der Waals surface area contributed by atoms with Crippen molar-refractivity contribution < 1.29 is 14.2 Å². The standard InChI is InChI=1S/C21H36N4O3.HI/c1-16-9-6-7-11-25(16)12-8-10-23-21(22-2)24-15-17-13-18(26-3)20(28-5)19(14-17)27-4;/h13-14,16H,6-12,15H2,1-5H3,(H2,22,23,24);1H. The van der Waals surface area contributed by atoms with Gasteiger partial charge in [-0.1, -0.05) is 6.42 Å². The monoisotopic (exact) mass is 520 g/mol. The van der Waals surface area contributed by atoms with Crippen molar-refractivity contribution in [3.8, 4) is 17.2 Å². The molecule has 1 atom stereocenters. The van der Waals surface area contributed by atoms with Crippen LogP contribution in [0.3, 0.4) is 0 Å². The molecule has 1 unspecified atom stereocenters. The number of ether oxygens (including phenoxy) is 3. The van der Waals surface area contributed by atoms with Gasteiger partial charge in [-0.25, -0.2) is 0 Å². The van der Waals surface area contributed by atoms with Crippen LogP contribution in [0.5, 0.6) is 17.2 Å². The van der Waals surface area contributed by atoms with Crippen molar-refractivity contribution in [2.24, 2.45) is 4.99 Å². The van der Waals surface area contributed by atoms with Gasteiger partial charge in [-0.05, 0) is 50.4 Å². The highest BCUT2D eigenvalue weighted by atomic mass is 127. The van der Waals surface area contributed by atoms with Crippen molar-refractivity contribution in [2.75, 3.05) is 48.0 Å². The summed E-state index contributed by atoms with van der Waals surface area (Å²) in [6.07, 6.45) is 5.13. The number of guanidine groups is 1. The van der Waals surface area contributed by atoms with E-state index in [0.717, 1.165) is 31.0 Å². The highest BCUT2D eigenvalue weighted by Gasteiger charge is 2.17. The van der Waals surface area contributed by atoms with E-state index in [2.05, 4.69) is 27.4 Å². The van der Waals surface area contributed by atoms with Crippen molar-refractivity contribution in [3.63, 3.8) is 0 Å². The molecule has 0 aliphatic carbocycles. The van der Waals surface area contributed by atoms with Gasteiger partial charge in [0.05, 0.1) is 21.3 Å². The minimum Gasteiger partial charge on any atom is -0.493 e. The van der Waals surface area contributed by atoms with E-state index in [1.165, 1.54) is 25.8 Å². The third kappa shape index (κ3) is 7.73. The van der Waals surface area contributed by atoms with Gasteiger partial charge < -0.3 is 29.7 Å². The Morgan fingerprint density at radius 2 is 1.79 bits per heavy atom. The third-order valence-electron chi connectivity index (χ3n) is 5.26. The average molecular weight is 520 g/mol. The fraction of sp³-hybridized carbons (Fsp3) is 0.667. The normalized spacial score (nSPS) is 17.3. The Bertz CT molecular complexity index is 617. The van der Waals surface area contributed by atoms with Crippen LogP contribution < -0.4 is 24.8 Å². The van der Waals surface area contributed by atoms with E-state index in [4.69, 9.17) is 14.2 Å². The largest absolute Gasteiger partial charge is 0.493 e. The van der Waals surface area contributed by atoms with Crippen molar-refractivity contribution in [1.82, 2.24) is 15.5 Å². The molecule has 1 saturated heterocycles. The zero-order valence-corrected chi connectivity index (χ0v) is 20.7. The Morgan fingerprint density at radius 3 is 2.34 bits per heavy atom. The summed E-state index contributed by atoms with van der Waals surface area (Å²) < 4.78 is 16.2. The van der Waals surface area contributed by atoms with E-state index >= 15 is 0 Å². The van der Waals surface area contributed by atoms with Crippen LogP contribution in [-0.4, -0.2) is 64.9 Å². The van der Waals surface area contributed by atoms with Crippen molar-refractivity contribution in [2.45, 2.75) is 45.2 Å². The first-order chi connectivity index (χ1) is 13.6. The molecule has 1 heterocycles. The van der Waals surface area contributed by atoms with Crippen LogP contribution in [0, 0.1) is 0 Å². The van der Waals surface area contributed by atoms with E-state index in [1.54, 1.807) is 28.4 Å². The second-order valence-electron chi connectivity index (χ2n) is 7.12. The van der Waals surface area contributed by atoms with Crippen LogP contribution in [0.4, 0.5) is 0 Å². The van der Waals surface area contributed by atoms with E-state index in [-0.39, 0.29) is 24.0 Å². The number of aliphatic imine (C=N–C) groups is 1. The highest BCUT2D eigenvalue weighted by Crippen LogP contribution is 2.38. The third-order valence-corrected chi connectivity index (χ3v) is 5.26. The summed E-state index contributed by atoms with van der Waals surface area (Å²) in [5.74, 6) is 2.69. The molecule has 0 aromatic heterocycles. The number of halogens is 1. The predicted octanol–water partition coefficient (Wildman–Crippen LogP) is 3.26. The van der Waals surface area contributed by atoms with Gasteiger partial charge in [-0.2, -0.15) is 0 Å². The van der Waals surface area contributed by atoms with E-state index < -0.39 is 0 Å². The smallest absolute Gasteiger partial charge is 0.203 e. The summed E-state index contributed by atoms with van der Waals surface area (Å²) in [5.41, 5.74) is 1.03. The molecule has 1 fully saturated rings. The van der Waals surface area contributed by atoms with Crippen molar-refractivity contribution in [1.29, 1.82) is 0 Å². The SMILES string of the molecule is CN=C(NCCCN1CCCCC1C)NCc1cc(OC)c(OC)c(OC)c1.I. The minimum absolute atomic E-state index is 0. The number of benzene rings is 1. The summed E-state index contributed by atoms with van der Waals surface area (Å²) in [7, 11) is 6.64. The Hall–Kier alpha value is -1.42. The van der Waals surface area contributed by atoms with Crippen LogP contribution in [0.2, 0.25) is 0 Å². The maximum absolute atomic E-state index is 5.41. The van der Waals surface area contributed by atoms with Crippen LogP contribution in [0.25, 0.3) is 0 Å². The van der Waals surface area contributed by atoms with Crippen molar-refractivity contribution >= 4 is 29.9 Å². The summed E-state index contributed by atoms with van der Waals surface area (Å²) in [5, 5.41) is 6.75. The maximum Gasteiger partial charge on any atom is 0.203 e. The van der Waals surface area contributed by atoms with E-state index in [1.807, 2.05) is 12.1 Å². The van der Waals surface area contributed by atoms with Gasteiger partial charge in [0, 0.05) is 32.7 Å². The molecule has 0 radical (unpaired) electrons. The molecule has 1 aromatic carbocycles. The molecule has 2 rings (SSSR count). The van der Waals surface area contributed by atoms with Gasteiger partial charge in [0.1, 0.15) is 0 Å². The molecule has 29 heavy (non-hydrogen) atoms. The fourth-order valence-corrected chi connectivity index (χ4v) is 3.62. The quantitative estimate of drug-likeness (QED) is 0.226. The molecule has 166 valence electrons. The van der Waals surface area contributed by atoms with Crippen LogP contribution >= 0.6 is 24.0 Å². The molecule has 1 aliphatic rings. The molecule has 8 heteroatoms. The highest BCUT2D eigenvalue weighted by molar-refractivity contribution is 14.0. The lowest BCUT2D eigenvalue weighted by Gasteiger charge is -2.33. The fourth-order valence-electron chi connectivity index (χ4n) is 3.62. The average Bonchev–Trinajstić information content (AvgIpc) is 2.73. The molecule has 7 nitrogen and oxygen atoms in total. The number of nitrogens with one attached hydrogen (secondary N) is 2. The predicted molar refractivity (Wildman–Crippen MR) is 129 cm³/mol. The summed E-state index contributed by atoms with van der Waals surface area (Å²) in [6.45, 7) is 6.22. The number of hydrogen-bond donors (Lipinski definition) is 2. The van der Waals surface area contributed by atoms with Gasteiger partial charge >= 0.3 is 0 Å². The number of nitrogens with zero attached hydrogens (tertiary/aromatic N) is 2. The molecule has 0 amide bonds. The summed E-state index contributed by atoms with van der Waals surface area (Å²) in [6, 6.07) is 4.60. The molecule has 2 N–H and O–H groups in total. The number of hydrogen-bond acceptors (Lipinski definition) is 5. The van der Waals surface area contributed by atoms with Gasteiger partial charge in [0.25, 0.3) is 0 Å². The van der Waals surface area contributed by atoms with Crippen LogP contribution in [-0.2, 0) is 6.54 Å². The molecular formula is C21H37IN4O3. The molecular weight excluding hydrogens is 483 g/mol. The van der Waals surface area contributed by atoms with Crippen LogP contribution in [0.1, 0.15) is 38.2 Å². The number of methoxy groups -OCH3 is 3. The van der Waals surface area contributed by atoms with Gasteiger partial charge in [-0.3, -0.25) is 4.99 Å². The zero-order chi connectivity index (χ0) is 20.4. The lowest BCUT2D eigenvalue weighted by atomic mass is 10.0. The Morgan fingerprint density at radius 1 is 1.10 bits per heavy atom. The van der Waals surface area contributed by atoms with E-state index in [9.17, 15) is 0 Å². The van der Waals surface area contributed by atoms with Crippen LogP contribution in [0.15, 0.2) is 17.1 Å². The van der Waals surface area contributed by atoms with E-state index in [0.29, 0.717) is 29.8 Å². The van der Waals surface area contributed by atoms with Gasteiger partial charge in [0.15, 0.2) is 17.5 Å². The molecule has 0 spiro atoms. The van der Waals surface area contributed by atoms with Gasteiger partial charge in [0.2, 0.25) is 5.75 Å². The molecule has 0 saturated carbocycles. The molecule has 0 bridgehead atoms. The summed E-state index contributed by atoms with van der Waals surface area (Å²) >= 11 is 0. The molecule has 1 aliphatic heterocycles. The second-order valence-corrected chi connectivity index (χ2v) is 7.12. The first-order valence-electron chi connectivity index (χ1n) is 10.1. The van der Waals surface area contributed by atoms with Crippen molar-refractivity contribution in [3.05, 3.63) is 17.7 Å². The first kappa shape index (κ1) is 25.6. The Labute approximate surface area is 192 Å². The maximum atomic E-state index is 5.41. The summed E-state index contributed by atoms with van der Waals surface area (Å²) in [4.78, 5) is 6.91. The second kappa shape index (κ2) is 13.7. The van der Waals surface area contributed by atoms with Gasteiger partial charge in [-0.15, -0.1) is 24.0 Å². The number of rotatable bonds is 9.